The SMILES string of the molecule is CCOc1ccccc1N1CCN(CC(=O)NC(c2ccc(C)cc2)c2cccs2)CC1. The van der Waals surface area contributed by atoms with E-state index in [-0.39, 0.29) is 11.9 Å². The molecule has 5 nitrogen and oxygen atoms in total. The summed E-state index contributed by atoms with van der Waals surface area (Å²) in [5, 5.41) is 5.32. The Kier molecular flexibility index (Phi) is 7.45. The standard InChI is InChI=1S/C26H31N3O2S/c1-3-31-23-8-5-4-7-22(23)29-16-14-28(15-17-29)19-25(30)27-26(24-9-6-18-32-24)21-12-10-20(2)11-13-21/h4-13,18,26H,3,14-17,19H2,1-2H3,(H,27,30). The Morgan fingerprint density at radius 2 is 1.78 bits per heavy atom. The molecule has 6 heteroatoms. The summed E-state index contributed by atoms with van der Waals surface area (Å²) in [6, 6.07) is 20.6. The lowest BCUT2D eigenvalue weighted by molar-refractivity contribution is -0.122. The fraction of sp³-hybridized carbons (Fsp3) is 0.346. The number of ether oxygens (including phenoxy) is 1. The first-order valence-electron chi connectivity index (χ1n) is 11.2. The Morgan fingerprint density at radius 3 is 2.47 bits per heavy atom. The average molecular weight is 450 g/mol. The fourth-order valence-corrected chi connectivity index (χ4v) is 4.89. The molecule has 1 saturated heterocycles. The van der Waals surface area contributed by atoms with E-state index in [0.717, 1.165) is 48.1 Å². The molecule has 2 aromatic carbocycles. The molecule has 2 heterocycles. The zero-order valence-corrected chi connectivity index (χ0v) is 19.6. The number of para-hydroxylation sites is 2. The molecule has 0 aliphatic carbocycles. The Bertz CT molecular complexity index is 996. The largest absolute Gasteiger partial charge is 0.492 e. The van der Waals surface area contributed by atoms with Crippen LogP contribution >= 0.6 is 11.3 Å². The van der Waals surface area contributed by atoms with Crippen molar-refractivity contribution >= 4 is 22.9 Å². The summed E-state index contributed by atoms with van der Waals surface area (Å²) in [7, 11) is 0. The van der Waals surface area contributed by atoms with E-state index in [0.29, 0.717) is 13.2 Å². The fourth-order valence-electron chi connectivity index (χ4n) is 4.09. The van der Waals surface area contributed by atoms with Crippen molar-refractivity contribution in [1.29, 1.82) is 0 Å². The van der Waals surface area contributed by atoms with Crippen LogP contribution in [0.2, 0.25) is 0 Å². The van der Waals surface area contributed by atoms with E-state index in [4.69, 9.17) is 4.74 Å². The molecule has 1 amide bonds. The maximum atomic E-state index is 13.0. The number of carbonyl (C=O) groups is 1. The van der Waals surface area contributed by atoms with Gasteiger partial charge in [0.25, 0.3) is 0 Å². The van der Waals surface area contributed by atoms with Gasteiger partial charge in [0.2, 0.25) is 5.91 Å². The van der Waals surface area contributed by atoms with Gasteiger partial charge in [-0.1, -0.05) is 48.0 Å². The molecular weight excluding hydrogens is 418 g/mol. The molecule has 4 rings (SSSR count). The van der Waals surface area contributed by atoms with Crippen molar-refractivity contribution in [2.45, 2.75) is 19.9 Å². The zero-order chi connectivity index (χ0) is 22.3. The van der Waals surface area contributed by atoms with E-state index in [1.54, 1.807) is 11.3 Å². The van der Waals surface area contributed by atoms with E-state index in [1.807, 2.05) is 31.2 Å². The van der Waals surface area contributed by atoms with E-state index in [1.165, 1.54) is 5.56 Å². The minimum Gasteiger partial charge on any atom is -0.492 e. The minimum atomic E-state index is -0.109. The molecule has 0 saturated carbocycles. The van der Waals surface area contributed by atoms with E-state index in [2.05, 4.69) is 63.8 Å². The predicted octanol–water partition coefficient (Wildman–Crippen LogP) is 4.48. The van der Waals surface area contributed by atoms with Gasteiger partial charge in [0.15, 0.2) is 0 Å². The lowest BCUT2D eigenvalue weighted by atomic mass is 10.0. The number of aryl methyl sites for hydroxylation is 1. The number of hydrogen-bond donors (Lipinski definition) is 1. The lowest BCUT2D eigenvalue weighted by Crippen LogP contribution is -2.50. The quantitative estimate of drug-likeness (QED) is 0.551. The van der Waals surface area contributed by atoms with Crippen LogP contribution in [0.15, 0.2) is 66.0 Å². The van der Waals surface area contributed by atoms with Crippen LogP contribution in [0.3, 0.4) is 0 Å². The van der Waals surface area contributed by atoms with Crippen molar-refractivity contribution in [2.24, 2.45) is 0 Å². The maximum absolute atomic E-state index is 13.0. The maximum Gasteiger partial charge on any atom is 0.234 e. The normalized spacial score (nSPS) is 15.4. The number of benzene rings is 2. The van der Waals surface area contributed by atoms with E-state index >= 15 is 0 Å². The number of carbonyl (C=O) groups excluding carboxylic acids is 1. The molecular formula is C26H31N3O2S. The Balaban J connectivity index is 1.36. The molecule has 3 aromatic rings. The van der Waals surface area contributed by atoms with Gasteiger partial charge < -0.3 is 15.0 Å². The average Bonchev–Trinajstić information content (AvgIpc) is 3.34. The summed E-state index contributed by atoms with van der Waals surface area (Å²) < 4.78 is 5.79. The highest BCUT2D eigenvalue weighted by molar-refractivity contribution is 7.10. The Labute approximate surface area is 194 Å². The first-order valence-corrected chi connectivity index (χ1v) is 12.1. The van der Waals surface area contributed by atoms with Crippen molar-refractivity contribution in [3.8, 4) is 5.75 Å². The number of nitrogens with zero attached hydrogens (tertiary/aromatic N) is 2. The van der Waals surface area contributed by atoms with E-state index in [9.17, 15) is 4.79 Å². The predicted molar refractivity (Wildman–Crippen MR) is 132 cm³/mol. The first-order chi connectivity index (χ1) is 15.6. The van der Waals surface area contributed by atoms with Gasteiger partial charge >= 0.3 is 0 Å². The smallest absolute Gasteiger partial charge is 0.234 e. The summed E-state index contributed by atoms with van der Waals surface area (Å²) >= 11 is 1.67. The molecule has 1 N–H and O–H groups in total. The van der Waals surface area contributed by atoms with Gasteiger partial charge in [0.1, 0.15) is 5.75 Å². The van der Waals surface area contributed by atoms with Crippen molar-refractivity contribution in [1.82, 2.24) is 10.2 Å². The second-order valence-corrected chi connectivity index (χ2v) is 9.07. The van der Waals surface area contributed by atoms with Gasteiger partial charge in [-0.3, -0.25) is 9.69 Å². The van der Waals surface area contributed by atoms with Crippen LogP contribution in [0, 0.1) is 6.92 Å². The third kappa shape index (κ3) is 5.50. The summed E-state index contributed by atoms with van der Waals surface area (Å²) in [5.41, 5.74) is 3.47. The number of amides is 1. The molecule has 32 heavy (non-hydrogen) atoms. The van der Waals surface area contributed by atoms with Crippen LogP contribution in [-0.2, 0) is 4.79 Å². The van der Waals surface area contributed by atoms with Gasteiger partial charge in [-0.15, -0.1) is 11.3 Å². The summed E-state index contributed by atoms with van der Waals surface area (Å²) in [6.07, 6.45) is 0. The highest BCUT2D eigenvalue weighted by Crippen LogP contribution is 2.29. The third-order valence-corrected chi connectivity index (χ3v) is 6.73. The van der Waals surface area contributed by atoms with Crippen molar-refractivity contribution < 1.29 is 9.53 Å². The molecule has 1 aliphatic rings. The number of anilines is 1. The zero-order valence-electron chi connectivity index (χ0n) is 18.8. The number of nitrogens with one attached hydrogen (secondary N) is 1. The topological polar surface area (TPSA) is 44.8 Å². The van der Waals surface area contributed by atoms with Crippen LogP contribution in [0.25, 0.3) is 0 Å². The lowest BCUT2D eigenvalue weighted by Gasteiger charge is -2.36. The van der Waals surface area contributed by atoms with E-state index < -0.39 is 0 Å². The number of rotatable bonds is 8. The highest BCUT2D eigenvalue weighted by Gasteiger charge is 2.23. The molecule has 1 aliphatic heterocycles. The molecule has 0 bridgehead atoms. The second-order valence-electron chi connectivity index (χ2n) is 8.09. The van der Waals surface area contributed by atoms with Gasteiger partial charge in [-0.2, -0.15) is 0 Å². The van der Waals surface area contributed by atoms with Gasteiger partial charge in [-0.05, 0) is 43.0 Å². The molecule has 1 unspecified atom stereocenters. The monoisotopic (exact) mass is 449 g/mol. The van der Waals surface area contributed by atoms with Gasteiger partial charge in [-0.25, -0.2) is 0 Å². The van der Waals surface area contributed by atoms with Crippen LogP contribution in [-0.4, -0.2) is 50.1 Å². The molecule has 1 atom stereocenters. The number of hydrogen-bond acceptors (Lipinski definition) is 5. The second kappa shape index (κ2) is 10.7. The van der Waals surface area contributed by atoms with Crippen LogP contribution < -0.4 is 15.0 Å². The third-order valence-electron chi connectivity index (χ3n) is 5.79. The summed E-state index contributed by atoms with van der Waals surface area (Å²) in [4.78, 5) is 18.7. The van der Waals surface area contributed by atoms with Crippen LogP contribution in [0.5, 0.6) is 5.75 Å². The van der Waals surface area contributed by atoms with Crippen LogP contribution in [0.1, 0.15) is 29.0 Å². The van der Waals surface area contributed by atoms with Gasteiger partial charge in [0, 0.05) is 31.1 Å². The molecule has 1 fully saturated rings. The first kappa shape index (κ1) is 22.4. The Morgan fingerprint density at radius 1 is 1.03 bits per heavy atom. The molecule has 0 spiro atoms. The highest BCUT2D eigenvalue weighted by atomic mass is 32.1. The van der Waals surface area contributed by atoms with Crippen molar-refractivity contribution in [2.75, 3.05) is 44.2 Å². The molecule has 168 valence electrons. The molecule has 0 radical (unpaired) electrons. The van der Waals surface area contributed by atoms with Crippen LogP contribution in [0.4, 0.5) is 5.69 Å². The van der Waals surface area contributed by atoms with Crippen molar-refractivity contribution in [3.63, 3.8) is 0 Å². The van der Waals surface area contributed by atoms with Crippen molar-refractivity contribution in [3.05, 3.63) is 82.0 Å². The number of thiophene rings is 1. The Hall–Kier alpha value is -2.83. The summed E-state index contributed by atoms with van der Waals surface area (Å²) in [5.74, 6) is 0.991. The summed E-state index contributed by atoms with van der Waals surface area (Å²) in [6.45, 7) is 8.61. The number of piperazine rings is 1. The van der Waals surface area contributed by atoms with Gasteiger partial charge in [0.05, 0.1) is 24.9 Å². The molecule has 1 aromatic heterocycles. The minimum absolute atomic E-state index is 0.0622.